The Bertz CT molecular complexity index is 500. The van der Waals surface area contributed by atoms with E-state index in [1.54, 1.807) is 30.4 Å². The van der Waals surface area contributed by atoms with Gasteiger partial charge in [-0.25, -0.2) is 0 Å². The maximum Gasteiger partial charge on any atom is 0.394 e. The van der Waals surface area contributed by atoms with Crippen molar-refractivity contribution in [3.8, 4) is 0 Å². The van der Waals surface area contributed by atoms with E-state index in [0.717, 1.165) is 0 Å². The molecule has 17 heavy (non-hydrogen) atoms. The van der Waals surface area contributed by atoms with Crippen LogP contribution in [-0.2, 0) is 10.4 Å². The molecule has 1 aromatic rings. The van der Waals surface area contributed by atoms with Crippen LogP contribution in [0.3, 0.4) is 0 Å². The van der Waals surface area contributed by atoms with Gasteiger partial charge in [-0.15, -0.1) is 0 Å². The number of hydrogen-bond donors (Lipinski definition) is 2. The van der Waals surface area contributed by atoms with Gasteiger partial charge in [-0.05, 0) is 13.0 Å². The van der Waals surface area contributed by atoms with Crippen molar-refractivity contribution in [3.05, 3.63) is 46.0 Å². The van der Waals surface area contributed by atoms with Gasteiger partial charge in [0.2, 0.25) is 0 Å². The number of nitrogens with zero attached hydrogens (tertiary/aromatic N) is 1. The predicted molar refractivity (Wildman–Crippen MR) is 62.0 cm³/mol. The van der Waals surface area contributed by atoms with Gasteiger partial charge in [0.1, 0.15) is 0 Å². The second kappa shape index (κ2) is 6.74. The van der Waals surface area contributed by atoms with Gasteiger partial charge in [-0.3, -0.25) is 19.2 Å². The Labute approximate surface area is 98.1 Å². The minimum atomic E-state index is -4.67. The van der Waals surface area contributed by atoms with Crippen LogP contribution in [0.5, 0.6) is 0 Å². The minimum Gasteiger partial charge on any atom is -0.264 e. The normalized spacial score (nSPS) is 10.8. The first kappa shape index (κ1) is 15.2. The summed E-state index contributed by atoms with van der Waals surface area (Å²) in [6, 6.07) is 6.65. The average molecular weight is 267 g/mol. The fourth-order valence-electron chi connectivity index (χ4n) is 0.974. The first-order valence-electron chi connectivity index (χ1n) is 4.31. The maximum absolute atomic E-state index is 10.5. The van der Waals surface area contributed by atoms with Gasteiger partial charge in [0.25, 0.3) is 5.69 Å². The smallest absolute Gasteiger partial charge is 0.264 e. The molecule has 0 bridgehead atoms. The molecular weight excluding hydrogens is 256 g/mol. The number of nitro groups is 1. The van der Waals surface area contributed by atoms with Crippen LogP contribution < -0.4 is 0 Å². The van der Waals surface area contributed by atoms with Crippen LogP contribution in [0, 0.1) is 10.1 Å². The number of benzene rings is 1. The fourth-order valence-corrected chi connectivity index (χ4v) is 0.974. The molecule has 0 saturated carbocycles. The Kier molecular flexibility index (Phi) is 6.03. The summed E-state index contributed by atoms with van der Waals surface area (Å²) < 4.78 is 31.6. The minimum absolute atomic E-state index is 0.149. The average Bonchev–Trinajstić information content (AvgIpc) is 2.16. The van der Waals surface area contributed by atoms with Crippen molar-refractivity contribution in [2.45, 2.75) is 6.92 Å². The topological polar surface area (TPSA) is 118 Å². The van der Waals surface area contributed by atoms with Gasteiger partial charge < -0.3 is 0 Å². The van der Waals surface area contributed by atoms with E-state index in [1.165, 1.54) is 6.07 Å². The van der Waals surface area contributed by atoms with Gasteiger partial charge in [0.05, 0.1) is 10.5 Å². The molecule has 0 fully saturated rings. The zero-order chi connectivity index (χ0) is 13.5. The van der Waals surface area contributed by atoms with E-state index in [1.807, 2.05) is 6.92 Å². The van der Waals surface area contributed by atoms with Gasteiger partial charge in [0.15, 0.2) is 0 Å². The van der Waals surface area contributed by atoms with Crippen molar-refractivity contribution in [2.75, 3.05) is 0 Å². The monoisotopic (exact) mass is 267 g/mol. The van der Waals surface area contributed by atoms with Crippen molar-refractivity contribution in [1.82, 2.24) is 0 Å². The number of allylic oxidation sites excluding steroid dienone is 1. The van der Waals surface area contributed by atoms with Crippen LogP contribution in [0.2, 0.25) is 0 Å². The Morgan fingerprint density at radius 2 is 1.76 bits per heavy atom. The SMILES string of the molecule is CC=C[13c]1[13cH][13cH][13cH][13cH][13c]1[N+](=O)[O-].O=S(=O)(O)O. The predicted octanol–water partition coefficient (Wildman–Crippen LogP) is 1.98. The van der Waals surface area contributed by atoms with E-state index in [4.69, 9.17) is 17.5 Å². The van der Waals surface area contributed by atoms with E-state index in [2.05, 4.69) is 0 Å². The zero-order valence-corrected chi connectivity index (χ0v) is 9.66. The number of nitro benzene ring substituents is 1. The Morgan fingerprint density at radius 1 is 1.29 bits per heavy atom. The van der Waals surface area contributed by atoms with Crippen LogP contribution in [0.15, 0.2) is 30.3 Å². The molecule has 0 atom stereocenters. The third kappa shape index (κ3) is 8.08. The standard InChI is InChI=1S/C9H9NO2.H2O4S/c1-2-5-8-6-3-4-7-9(8)10(11)12;1-5(2,3)4/h2-7H,1H3;(H2,1,2,3,4)/i3+1,4+1,6+1,7+1,8+1,9+1;. The lowest BCUT2D eigenvalue weighted by molar-refractivity contribution is -0.385. The molecule has 0 radical (unpaired) electrons. The lowest BCUT2D eigenvalue weighted by atomic mass is 10.6. The highest BCUT2D eigenvalue weighted by Crippen LogP contribution is 2.18. The van der Waals surface area contributed by atoms with Gasteiger partial charge in [-0.1, -0.05) is 24.3 Å². The molecule has 8 heteroatoms. The molecule has 7 nitrogen and oxygen atoms in total. The molecule has 2 N–H and O–H groups in total. The van der Waals surface area contributed by atoms with Crippen LogP contribution in [0.1, 0.15) is 12.5 Å². The molecule has 0 aliphatic carbocycles. The summed E-state index contributed by atoms with van der Waals surface area (Å²) >= 11 is 0. The Balaban J connectivity index is 0.000000437. The van der Waals surface area contributed by atoms with E-state index >= 15 is 0 Å². The third-order valence-corrected chi connectivity index (χ3v) is 1.48. The highest BCUT2D eigenvalue weighted by Gasteiger charge is 2.08. The van der Waals surface area contributed by atoms with Crippen LogP contribution in [0.4, 0.5) is 5.69 Å². The summed E-state index contributed by atoms with van der Waals surface area (Å²) in [6.07, 6.45) is 3.50. The first-order valence-corrected chi connectivity index (χ1v) is 5.71. The second-order valence-corrected chi connectivity index (χ2v) is 3.66. The summed E-state index contributed by atoms with van der Waals surface area (Å²) in [5.74, 6) is 0. The van der Waals surface area contributed by atoms with Crippen molar-refractivity contribution < 1.29 is 22.4 Å². The molecule has 0 saturated heterocycles. The van der Waals surface area contributed by atoms with Crippen molar-refractivity contribution >= 4 is 22.2 Å². The number of hydrogen-bond acceptors (Lipinski definition) is 4. The maximum atomic E-state index is 10.5. The molecule has 1 aromatic carbocycles. The summed E-state index contributed by atoms with van der Waals surface area (Å²) in [7, 11) is -4.67. The molecule has 0 unspecified atom stereocenters. The molecule has 0 spiro atoms. The van der Waals surface area contributed by atoms with Gasteiger partial charge >= 0.3 is 10.4 Å². The van der Waals surface area contributed by atoms with E-state index < -0.39 is 10.4 Å². The largest absolute Gasteiger partial charge is 0.394 e. The van der Waals surface area contributed by atoms with Crippen LogP contribution in [0.25, 0.3) is 6.08 Å². The van der Waals surface area contributed by atoms with E-state index in [-0.39, 0.29) is 10.6 Å². The molecule has 1 rings (SSSR count). The Hall–Kier alpha value is -1.77. The molecule has 94 valence electrons. The molecule has 0 aliphatic heterocycles. The highest BCUT2D eigenvalue weighted by atomic mass is 32.3. The molecule has 0 amide bonds. The first-order chi connectivity index (χ1) is 7.75. The zero-order valence-electron chi connectivity index (χ0n) is 8.85. The molecule has 0 aromatic heterocycles. The summed E-state index contributed by atoms with van der Waals surface area (Å²) in [6.45, 7) is 1.83. The summed E-state index contributed by atoms with van der Waals surface area (Å²) in [5, 5.41) is 10.5. The van der Waals surface area contributed by atoms with Gasteiger partial charge in [0, 0.05) is 6.07 Å². The van der Waals surface area contributed by atoms with E-state index in [0.29, 0.717) is 5.56 Å². The highest BCUT2D eigenvalue weighted by molar-refractivity contribution is 7.79. The fraction of sp³-hybridized carbons (Fsp3) is 0.111. The molecular formula is C9H11NO6S. The second-order valence-electron chi connectivity index (χ2n) is 2.76. The third-order valence-electron chi connectivity index (χ3n) is 1.48. The Morgan fingerprint density at radius 3 is 2.18 bits per heavy atom. The van der Waals surface area contributed by atoms with Crippen molar-refractivity contribution in [2.24, 2.45) is 0 Å². The quantitative estimate of drug-likeness (QED) is 0.480. The lowest BCUT2D eigenvalue weighted by Gasteiger charge is -1.94. The molecule has 0 heterocycles. The number of para-hydroxylation sites is 1. The number of rotatable bonds is 2. The lowest BCUT2D eigenvalue weighted by Crippen LogP contribution is -1.89. The molecule has 0 aliphatic rings. The van der Waals surface area contributed by atoms with Gasteiger partial charge in [-0.2, -0.15) is 8.42 Å². The summed E-state index contributed by atoms with van der Waals surface area (Å²) in [5.41, 5.74) is 0.792. The van der Waals surface area contributed by atoms with E-state index in [9.17, 15) is 10.1 Å². The van der Waals surface area contributed by atoms with Crippen molar-refractivity contribution in [1.29, 1.82) is 0 Å². The van der Waals surface area contributed by atoms with Crippen molar-refractivity contribution in [3.63, 3.8) is 0 Å². The summed E-state index contributed by atoms with van der Waals surface area (Å²) in [4.78, 5) is 10.1. The van der Waals surface area contributed by atoms with Crippen LogP contribution in [-0.4, -0.2) is 22.4 Å². The van der Waals surface area contributed by atoms with Crippen LogP contribution >= 0.6 is 0 Å².